The Labute approximate surface area is 182 Å². The minimum atomic E-state index is -0.422. The summed E-state index contributed by atoms with van der Waals surface area (Å²) in [7, 11) is 1.66. The maximum absolute atomic E-state index is 10.4. The van der Waals surface area contributed by atoms with Gasteiger partial charge in [0.25, 0.3) is 0 Å². The Morgan fingerprint density at radius 1 is 1.10 bits per heavy atom. The standard InChI is InChI=1S/C24H29ClO5/c1-27-19-6-4-16(5-7-19)10-17-11-21-23(14-22(17)25)29-9-3-2-8-28-15-20-12-18(26)13-24(21)30-20/h4-7,11,14,18,20,24,26H,2-3,8-10,12-13,15H2,1H3. The van der Waals surface area contributed by atoms with E-state index in [0.717, 1.165) is 41.0 Å². The Morgan fingerprint density at radius 2 is 1.90 bits per heavy atom. The van der Waals surface area contributed by atoms with Gasteiger partial charge in [-0.1, -0.05) is 23.7 Å². The molecule has 0 spiro atoms. The van der Waals surface area contributed by atoms with Crippen LogP contribution >= 0.6 is 11.6 Å². The second kappa shape index (κ2) is 10.0. The van der Waals surface area contributed by atoms with E-state index in [1.807, 2.05) is 30.3 Å². The maximum atomic E-state index is 10.4. The number of hydrogen-bond acceptors (Lipinski definition) is 5. The van der Waals surface area contributed by atoms with E-state index < -0.39 is 6.10 Å². The predicted octanol–water partition coefficient (Wildman–Crippen LogP) is 4.71. The molecule has 6 heteroatoms. The normalized spacial score (nSPS) is 24.7. The molecule has 162 valence electrons. The summed E-state index contributed by atoms with van der Waals surface area (Å²) < 4.78 is 23.4. The minimum Gasteiger partial charge on any atom is -0.497 e. The van der Waals surface area contributed by atoms with Gasteiger partial charge in [0.15, 0.2) is 0 Å². The molecule has 3 unspecified atom stereocenters. The monoisotopic (exact) mass is 432 g/mol. The van der Waals surface area contributed by atoms with Crippen molar-refractivity contribution >= 4 is 11.6 Å². The van der Waals surface area contributed by atoms with Crippen LogP contribution < -0.4 is 9.47 Å². The van der Waals surface area contributed by atoms with E-state index in [9.17, 15) is 5.11 Å². The van der Waals surface area contributed by atoms with Gasteiger partial charge in [0.05, 0.1) is 38.6 Å². The summed E-state index contributed by atoms with van der Waals surface area (Å²) in [5.41, 5.74) is 3.10. The molecule has 2 aromatic rings. The summed E-state index contributed by atoms with van der Waals surface area (Å²) in [5, 5.41) is 11.1. The first-order valence-corrected chi connectivity index (χ1v) is 11.0. The summed E-state index contributed by atoms with van der Waals surface area (Å²) in [6.07, 6.45) is 2.89. The molecular weight excluding hydrogens is 404 g/mol. The lowest BCUT2D eigenvalue weighted by molar-refractivity contribution is -0.124. The zero-order valence-electron chi connectivity index (χ0n) is 17.3. The van der Waals surface area contributed by atoms with E-state index in [1.165, 1.54) is 0 Å². The van der Waals surface area contributed by atoms with Gasteiger partial charge in [0.2, 0.25) is 0 Å². The topological polar surface area (TPSA) is 57.2 Å². The molecule has 2 bridgehead atoms. The Balaban J connectivity index is 1.64. The smallest absolute Gasteiger partial charge is 0.126 e. The van der Waals surface area contributed by atoms with Crippen molar-refractivity contribution in [1.29, 1.82) is 0 Å². The lowest BCUT2D eigenvalue weighted by Gasteiger charge is -2.34. The molecule has 2 heterocycles. The molecule has 2 aliphatic heterocycles. The molecule has 0 saturated carbocycles. The Morgan fingerprint density at radius 3 is 2.70 bits per heavy atom. The lowest BCUT2D eigenvalue weighted by atomic mass is 9.93. The van der Waals surface area contributed by atoms with E-state index in [1.54, 1.807) is 7.11 Å². The summed E-state index contributed by atoms with van der Waals surface area (Å²) in [4.78, 5) is 0. The number of rotatable bonds is 3. The predicted molar refractivity (Wildman–Crippen MR) is 116 cm³/mol. The summed E-state index contributed by atoms with van der Waals surface area (Å²) in [6, 6.07) is 12.0. The third-order valence-electron chi connectivity index (χ3n) is 5.70. The average molecular weight is 433 g/mol. The number of methoxy groups -OCH3 is 1. The molecule has 5 nitrogen and oxygen atoms in total. The van der Waals surface area contributed by atoms with Crippen molar-refractivity contribution in [2.75, 3.05) is 26.9 Å². The van der Waals surface area contributed by atoms with Crippen molar-refractivity contribution in [3.05, 3.63) is 58.1 Å². The first kappa shape index (κ1) is 21.4. The summed E-state index contributed by atoms with van der Waals surface area (Å²) in [6.45, 7) is 1.79. The highest BCUT2D eigenvalue weighted by Crippen LogP contribution is 2.40. The van der Waals surface area contributed by atoms with Crippen LogP contribution in [0.1, 0.15) is 48.5 Å². The molecule has 1 N–H and O–H groups in total. The van der Waals surface area contributed by atoms with Gasteiger partial charge in [0, 0.05) is 30.0 Å². The summed E-state index contributed by atoms with van der Waals surface area (Å²) in [5.74, 6) is 1.58. The van der Waals surface area contributed by atoms with Gasteiger partial charge in [-0.15, -0.1) is 0 Å². The van der Waals surface area contributed by atoms with Gasteiger partial charge < -0.3 is 24.1 Å². The van der Waals surface area contributed by atoms with Gasteiger partial charge in [-0.3, -0.25) is 0 Å². The quantitative estimate of drug-likeness (QED) is 0.761. The number of ether oxygens (including phenoxy) is 4. The molecule has 1 saturated heterocycles. The van der Waals surface area contributed by atoms with E-state index in [4.69, 9.17) is 30.5 Å². The number of aliphatic hydroxyl groups excluding tert-OH is 1. The first-order valence-electron chi connectivity index (χ1n) is 10.6. The highest BCUT2D eigenvalue weighted by Gasteiger charge is 2.32. The summed E-state index contributed by atoms with van der Waals surface area (Å²) >= 11 is 6.64. The fourth-order valence-electron chi connectivity index (χ4n) is 4.10. The fourth-order valence-corrected chi connectivity index (χ4v) is 4.32. The first-order chi connectivity index (χ1) is 14.6. The molecule has 0 aromatic heterocycles. The average Bonchev–Trinajstić information content (AvgIpc) is 2.74. The SMILES string of the molecule is COc1ccc(Cc2cc3c(cc2Cl)OCCCCOCC2CC(O)CC3O2)cc1. The molecule has 2 aliphatic rings. The zero-order valence-corrected chi connectivity index (χ0v) is 18.1. The van der Waals surface area contributed by atoms with Crippen molar-refractivity contribution in [2.24, 2.45) is 0 Å². The highest BCUT2D eigenvalue weighted by atomic mass is 35.5. The van der Waals surface area contributed by atoms with Gasteiger partial charge in [-0.05, 0) is 54.7 Å². The molecule has 3 atom stereocenters. The van der Waals surface area contributed by atoms with E-state index in [2.05, 4.69) is 6.07 Å². The highest BCUT2D eigenvalue weighted by molar-refractivity contribution is 6.31. The van der Waals surface area contributed by atoms with Crippen molar-refractivity contribution in [3.8, 4) is 11.5 Å². The second-order valence-corrected chi connectivity index (χ2v) is 8.42. The van der Waals surface area contributed by atoms with Gasteiger partial charge in [-0.25, -0.2) is 0 Å². The van der Waals surface area contributed by atoms with E-state index in [0.29, 0.717) is 44.1 Å². The van der Waals surface area contributed by atoms with Crippen LogP contribution in [0.3, 0.4) is 0 Å². The number of hydrogen-bond donors (Lipinski definition) is 1. The van der Waals surface area contributed by atoms with E-state index >= 15 is 0 Å². The molecule has 4 rings (SSSR count). The molecule has 30 heavy (non-hydrogen) atoms. The van der Waals surface area contributed by atoms with Crippen LogP contribution in [0.4, 0.5) is 0 Å². The van der Waals surface area contributed by atoms with E-state index in [-0.39, 0.29) is 12.2 Å². The second-order valence-electron chi connectivity index (χ2n) is 8.01. The van der Waals surface area contributed by atoms with Crippen molar-refractivity contribution in [1.82, 2.24) is 0 Å². The number of aliphatic hydroxyl groups is 1. The van der Waals surface area contributed by atoms with Crippen LogP contribution in [-0.2, 0) is 15.9 Å². The van der Waals surface area contributed by atoms with Crippen LogP contribution in [0.15, 0.2) is 36.4 Å². The third kappa shape index (κ3) is 5.27. The van der Waals surface area contributed by atoms with Crippen molar-refractivity contribution < 1.29 is 24.1 Å². The Kier molecular flexibility index (Phi) is 7.16. The van der Waals surface area contributed by atoms with Crippen LogP contribution in [0.5, 0.6) is 11.5 Å². The Bertz CT molecular complexity index is 838. The Hall–Kier alpha value is -1.79. The van der Waals surface area contributed by atoms with Crippen LogP contribution in [-0.4, -0.2) is 44.2 Å². The molecule has 2 aromatic carbocycles. The van der Waals surface area contributed by atoms with Crippen LogP contribution in [0, 0.1) is 0 Å². The lowest BCUT2D eigenvalue weighted by Crippen LogP contribution is -2.34. The molecule has 0 amide bonds. The van der Waals surface area contributed by atoms with Crippen molar-refractivity contribution in [2.45, 2.75) is 50.4 Å². The van der Waals surface area contributed by atoms with Crippen LogP contribution in [0.25, 0.3) is 0 Å². The number of fused-ring (bicyclic) bond motifs is 4. The van der Waals surface area contributed by atoms with Gasteiger partial charge in [0.1, 0.15) is 11.5 Å². The molecule has 1 fully saturated rings. The van der Waals surface area contributed by atoms with Crippen molar-refractivity contribution in [3.63, 3.8) is 0 Å². The largest absolute Gasteiger partial charge is 0.497 e. The number of benzene rings is 2. The van der Waals surface area contributed by atoms with Gasteiger partial charge >= 0.3 is 0 Å². The number of halogens is 1. The zero-order chi connectivity index (χ0) is 20.9. The third-order valence-corrected chi connectivity index (χ3v) is 6.05. The molecular formula is C24H29ClO5. The minimum absolute atomic E-state index is 0.119. The molecule has 0 radical (unpaired) electrons. The molecule has 0 aliphatic carbocycles. The fraction of sp³-hybridized carbons (Fsp3) is 0.500. The maximum Gasteiger partial charge on any atom is 0.126 e. The van der Waals surface area contributed by atoms with Crippen LogP contribution in [0.2, 0.25) is 5.02 Å². The van der Waals surface area contributed by atoms with Gasteiger partial charge in [-0.2, -0.15) is 0 Å².